The number of primary amides is 1. The van der Waals surface area contributed by atoms with Crippen LogP contribution in [-0.2, 0) is 14.3 Å². The van der Waals surface area contributed by atoms with Crippen molar-refractivity contribution >= 4 is 11.8 Å². The van der Waals surface area contributed by atoms with E-state index in [9.17, 15) is 9.59 Å². The topological polar surface area (TPSA) is 98.7 Å². The van der Waals surface area contributed by atoms with E-state index in [1.54, 1.807) is 12.0 Å². The van der Waals surface area contributed by atoms with Crippen LogP contribution in [0.3, 0.4) is 0 Å². The van der Waals surface area contributed by atoms with E-state index in [1.165, 1.54) is 0 Å². The molecule has 1 rings (SSSR count). The fourth-order valence-corrected chi connectivity index (χ4v) is 2.55. The van der Waals surface area contributed by atoms with E-state index in [4.69, 9.17) is 16.2 Å². The molecule has 0 saturated heterocycles. The Morgan fingerprint density at radius 3 is 2.53 bits per heavy atom. The Kier molecular flexibility index (Phi) is 6.80. The minimum atomic E-state index is -0.574. The zero-order valence-electron chi connectivity index (χ0n) is 11.6. The van der Waals surface area contributed by atoms with E-state index in [0.717, 1.165) is 32.1 Å². The van der Waals surface area contributed by atoms with Gasteiger partial charge in [0.25, 0.3) is 0 Å². The summed E-state index contributed by atoms with van der Waals surface area (Å²) >= 11 is 0. The van der Waals surface area contributed by atoms with Gasteiger partial charge in [0, 0.05) is 19.8 Å². The lowest BCUT2D eigenvalue weighted by molar-refractivity contribution is -0.138. The van der Waals surface area contributed by atoms with Crippen molar-refractivity contribution in [2.75, 3.05) is 20.3 Å². The number of carbonyl (C=O) groups is 2. The van der Waals surface area contributed by atoms with Crippen molar-refractivity contribution in [2.24, 2.45) is 11.5 Å². The van der Waals surface area contributed by atoms with Crippen LogP contribution >= 0.6 is 0 Å². The summed E-state index contributed by atoms with van der Waals surface area (Å²) in [5.74, 6) is -0.647. The van der Waals surface area contributed by atoms with E-state index in [-0.39, 0.29) is 18.5 Å². The second kappa shape index (κ2) is 8.12. The molecule has 1 atom stereocenters. The van der Waals surface area contributed by atoms with Gasteiger partial charge in [-0.15, -0.1) is 0 Å². The predicted molar refractivity (Wildman–Crippen MR) is 72.2 cm³/mol. The number of hydrogen-bond acceptors (Lipinski definition) is 4. The SMILES string of the molecule is COCCCC(N)C(=O)N(CC(N)=O)C1CCCC1. The van der Waals surface area contributed by atoms with Gasteiger partial charge in [0.15, 0.2) is 0 Å². The Morgan fingerprint density at radius 1 is 1.37 bits per heavy atom. The summed E-state index contributed by atoms with van der Waals surface area (Å²) in [6, 6.07) is -0.455. The van der Waals surface area contributed by atoms with Gasteiger partial charge in [0.05, 0.1) is 12.6 Å². The summed E-state index contributed by atoms with van der Waals surface area (Å²) in [5, 5.41) is 0. The zero-order chi connectivity index (χ0) is 14.3. The van der Waals surface area contributed by atoms with E-state index >= 15 is 0 Å². The molecule has 1 saturated carbocycles. The number of methoxy groups -OCH3 is 1. The van der Waals surface area contributed by atoms with Crippen LogP contribution in [0.25, 0.3) is 0 Å². The largest absolute Gasteiger partial charge is 0.385 e. The predicted octanol–water partition coefficient (Wildman–Crippen LogP) is -0.00320. The number of amides is 2. The number of carbonyl (C=O) groups excluding carboxylic acids is 2. The molecule has 0 aromatic rings. The molecule has 0 aromatic heterocycles. The maximum atomic E-state index is 12.3. The molecule has 1 aliphatic carbocycles. The monoisotopic (exact) mass is 271 g/mol. The van der Waals surface area contributed by atoms with Gasteiger partial charge in [-0.1, -0.05) is 12.8 Å². The molecule has 0 spiro atoms. The third-order valence-electron chi connectivity index (χ3n) is 3.56. The molecule has 1 unspecified atom stereocenters. The highest BCUT2D eigenvalue weighted by atomic mass is 16.5. The van der Waals surface area contributed by atoms with E-state index < -0.39 is 11.9 Å². The molecule has 2 amide bonds. The Bertz CT molecular complexity index is 304. The molecule has 0 heterocycles. The van der Waals surface area contributed by atoms with Crippen LogP contribution in [-0.4, -0.2) is 49.1 Å². The van der Waals surface area contributed by atoms with Crippen LogP contribution in [0.4, 0.5) is 0 Å². The van der Waals surface area contributed by atoms with E-state index in [0.29, 0.717) is 13.0 Å². The van der Waals surface area contributed by atoms with Crippen LogP contribution in [0.1, 0.15) is 38.5 Å². The van der Waals surface area contributed by atoms with Crippen molar-refractivity contribution in [3.63, 3.8) is 0 Å². The van der Waals surface area contributed by atoms with Gasteiger partial charge >= 0.3 is 0 Å². The van der Waals surface area contributed by atoms with Crippen LogP contribution in [0.15, 0.2) is 0 Å². The average Bonchev–Trinajstić information content (AvgIpc) is 2.88. The lowest BCUT2D eigenvalue weighted by atomic mass is 10.1. The molecule has 6 heteroatoms. The van der Waals surface area contributed by atoms with Crippen molar-refractivity contribution in [3.05, 3.63) is 0 Å². The van der Waals surface area contributed by atoms with Gasteiger partial charge in [-0.05, 0) is 25.7 Å². The Hall–Kier alpha value is -1.14. The Balaban J connectivity index is 2.56. The number of nitrogens with two attached hydrogens (primary N) is 2. The quantitative estimate of drug-likeness (QED) is 0.607. The molecule has 0 aliphatic heterocycles. The summed E-state index contributed by atoms with van der Waals surface area (Å²) in [4.78, 5) is 25.0. The summed E-state index contributed by atoms with van der Waals surface area (Å²) < 4.78 is 4.94. The summed E-state index contributed by atoms with van der Waals surface area (Å²) in [6.07, 6.45) is 5.35. The second-order valence-corrected chi connectivity index (χ2v) is 5.11. The molecular weight excluding hydrogens is 246 g/mol. The van der Waals surface area contributed by atoms with Gasteiger partial charge in [0.1, 0.15) is 0 Å². The molecular formula is C13H25N3O3. The fraction of sp³-hybridized carbons (Fsp3) is 0.846. The third-order valence-corrected chi connectivity index (χ3v) is 3.56. The minimum Gasteiger partial charge on any atom is -0.385 e. The van der Waals surface area contributed by atoms with Crippen LogP contribution < -0.4 is 11.5 Å². The van der Waals surface area contributed by atoms with E-state index in [2.05, 4.69) is 0 Å². The van der Waals surface area contributed by atoms with Crippen molar-refractivity contribution < 1.29 is 14.3 Å². The first-order valence-electron chi connectivity index (χ1n) is 6.89. The fourth-order valence-electron chi connectivity index (χ4n) is 2.55. The van der Waals surface area contributed by atoms with E-state index in [1.807, 2.05) is 0 Å². The average molecular weight is 271 g/mol. The molecule has 0 bridgehead atoms. The number of ether oxygens (including phenoxy) is 1. The minimum absolute atomic E-state index is 0.0263. The van der Waals surface area contributed by atoms with Crippen LogP contribution in [0.5, 0.6) is 0 Å². The number of rotatable bonds is 8. The van der Waals surface area contributed by atoms with Crippen molar-refractivity contribution in [1.82, 2.24) is 4.90 Å². The first-order chi connectivity index (χ1) is 9.06. The molecule has 0 radical (unpaired) electrons. The molecule has 110 valence electrons. The Morgan fingerprint density at radius 2 is 2.00 bits per heavy atom. The van der Waals surface area contributed by atoms with Crippen molar-refractivity contribution in [2.45, 2.75) is 50.6 Å². The smallest absolute Gasteiger partial charge is 0.240 e. The lowest BCUT2D eigenvalue weighted by Crippen LogP contribution is -2.51. The van der Waals surface area contributed by atoms with Crippen LogP contribution in [0.2, 0.25) is 0 Å². The van der Waals surface area contributed by atoms with Crippen LogP contribution in [0, 0.1) is 0 Å². The molecule has 4 N–H and O–H groups in total. The first kappa shape index (κ1) is 15.9. The van der Waals surface area contributed by atoms with Crippen molar-refractivity contribution in [3.8, 4) is 0 Å². The zero-order valence-corrected chi connectivity index (χ0v) is 11.6. The second-order valence-electron chi connectivity index (χ2n) is 5.11. The Labute approximate surface area is 114 Å². The summed E-state index contributed by atoms with van der Waals surface area (Å²) in [5.41, 5.74) is 11.1. The maximum absolute atomic E-state index is 12.3. The van der Waals surface area contributed by atoms with Crippen molar-refractivity contribution in [1.29, 1.82) is 0 Å². The van der Waals surface area contributed by atoms with Gasteiger partial charge in [-0.25, -0.2) is 0 Å². The lowest BCUT2D eigenvalue weighted by Gasteiger charge is -2.30. The molecule has 1 fully saturated rings. The maximum Gasteiger partial charge on any atom is 0.240 e. The molecule has 6 nitrogen and oxygen atoms in total. The summed E-state index contributed by atoms with van der Waals surface area (Å²) in [6.45, 7) is 0.557. The number of nitrogens with zero attached hydrogens (tertiary/aromatic N) is 1. The van der Waals surface area contributed by atoms with Gasteiger partial charge in [-0.2, -0.15) is 0 Å². The summed E-state index contributed by atoms with van der Waals surface area (Å²) in [7, 11) is 1.62. The van der Waals surface area contributed by atoms with Gasteiger partial charge in [0.2, 0.25) is 11.8 Å². The number of hydrogen-bond donors (Lipinski definition) is 2. The normalized spacial score (nSPS) is 17.4. The standard InChI is InChI=1S/C13H25N3O3/c1-19-8-4-7-11(14)13(18)16(9-12(15)17)10-5-2-3-6-10/h10-11H,2-9,14H2,1H3,(H2,15,17). The molecule has 19 heavy (non-hydrogen) atoms. The first-order valence-corrected chi connectivity index (χ1v) is 6.89. The molecule has 1 aliphatic rings. The highest BCUT2D eigenvalue weighted by Gasteiger charge is 2.30. The third kappa shape index (κ3) is 5.16. The van der Waals surface area contributed by atoms with Gasteiger partial charge in [-0.3, -0.25) is 9.59 Å². The highest BCUT2D eigenvalue weighted by molar-refractivity contribution is 5.87. The molecule has 0 aromatic carbocycles. The van der Waals surface area contributed by atoms with Gasteiger partial charge < -0.3 is 21.1 Å². The highest BCUT2D eigenvalue weighted by Crippen LogP contribution is 2.24.